The lowest BCUT2D eigenvalue weighted by Gasteiger charge is -2.16. The fourth-order valence-corrected chi connectivity index (χ4v) is 1.37. The maximum Gasteiger partial charge on any atom is 0.326 e. The highest BCUT2D eigenvalue weighted by atomic mass is 19.3. The molecule has 18 heavy (non-hydrogen) atoms. The van der Waals surface area contributed by atoms with E-state index in [1.807, 2.05) is 13.8 Å². The number of carboxylic acid groups (broad SMARTS) is 1. The van der Waals surface area contributed by atoms with Gasteiger partial charge in [-0.25, -0.2) is 23.5 Å². The summed E-state index contributed by atoms with van der Waals surface area (Å²) in [5, 5.41) is 11.6. The third-order valence-corrected chi connectivity index (χ3v) is 2.23. The maximum absolute atomic E-state index is 12.3. The van der Waals surface area contributed by atoms with E-state index in [9.17, 15) is 13.6 Å². The molecule has 0 aliphatic rings. The zero-order chi connectivity index (χ0) is 13.7. The predicted octanol–water partition coefficient (Wildman–Crippen LogP) is 2.33. The van der Waals surface area contributed by atoms with Gasteiger partial charge in [0.2, 0.25) is 5.95 Å². The summed E-state index contributed by atoms with van der Waals surface area (Å²) < 4.78 is 24.5. The second kappa shape index (κ2) is 6.23. The minimum Gasteiger partial charge on any atom is -0.480 e. The topological polar surface area (TPSA) is 75.1 Å². The number of aromatic nitrogens is 2. The van der Waals surface area contributed by atoms with Crippen LogP contribution in [0.4, 0.5) is 14.7 Å². The zero-order valence-electron chi connectivity index (χ0n) is 10.1. The molecule has 0 radical (unpaired) electrons. The van der Waals surface area contributed by atoms with E-state index in [2.05, 4.69) is 15.3 Å². The van der Waals surface area contributed by atoms with E-state index in [1.54, 1.807) is 0 Å². The summed E-state index contributed by atoms with van der Waals surface area (Å²) in [6, 6.07) is -0.831. The third-order valence-electron chi connectivity index (χ3n) is 2.23. The van der Waals surface area contributed by atoms with E-state index in [1.165, 1.54) is 0 Å². The van der Waals surface area contributed by atoms with Gasteiger partial charge in [-0.1, -0.05) is 13.8 Å². The number of alkyl halides is 2. The monoisotopic (exact) mass is 259 g/mol. The highest BCUT2D eigenvalue weighted by Gasteiger charge is 2.19. The van der Waals surface area contributed by atoms with Gasteiger partial charge in [0.05, 0.1) is 5.56 Å². The van der Waals surface area contributed by atoms with E-state index >= 15 is 0 Å². The summed E-state index contributed by atoms with van der Waals surface area (Å²) in [5.74, 6) is -0.809. The van der Waals surface area contributed by atoms with Crippen LogP contribution in [0, 0.1) is 5.92 Å². The van der Waals surface area contributed by atoms with Crippen molar-refractivity contribution in [3.05, 3.63) is 18.0 Å². The van der Waals surface area contributed by atoms with Crippen LogP contribution in [0.5, 0.6) is 0 Å². The van der Waals surface area contributed by atoms with Gasteiger partial charge in [0, 0.05) is 12.4 Å². The summed E-state index contributed by atoms with van der Waals surface area (Å²) in [5.41, 5.74) is -0.295. The van der Waals surface area contributed by atoms with Crippen LogP contribution in [0.25, 0.3) is 0 Å². The minimum atomic E-state index is -2.63. The van der Waals surface area contributed by atoms with Crippen molar-refractivity contribution in [3.8, 4) is 0 Å². The van der Waals surface area contributed by atoms with E-state index in [4.69, 9.17) is 5.11 Å². The molecule has 0 bridgehead atoms. The van der Waals surface area contributed by atoms with Gasteiger partial charge >= 0.3 is 5.97 Å². The van der Waals surface area contributed by atoms with Crippen molar-refractivity contribution in [1.82, 2.24) is 9.97 Å². The van der Waals surface area contributed by atoms with Crippen LogP contribution in [-0.2, 0) is 4.79 Å². The first kappa shape index (κ1) is 14.3. The lowest BCUT2D eigenvalue weighted by molar-refractivity contribution is -0.138. The van der Waals surface area contributed by atoms with Crippen LogP contribution in [0.3, 0.4) is 0 Å². The van der Waals surface area contributed by atoms with E-state index in [0.717, 1.165) is 12.4 Å². The Kier molecular flexibility index (Phi) is 4.94. The van der Waals surface area contributed by atoms with Gasteiger partial charge in [-0.15, -0.1) is 0 Å². The Morgan fingerprint density at radius 3 is 2.33 bits per heavy atom. The van der Waals surface area contributed by atoms with Crippen LogP contribution in [-0.4, -0.2) is 27.1 Å². The molecular formula is C11H15F2N3O2. The van der Waals surface area contributed by atoms with Gasteiger partial charge < -0.3 is 10.4 Å². The lowest BCUT2D eigenvalue weighted by Crippen LogP contribution is -2.31. The van der Waals surface area contributed by atoms with Crippen LogP contribution >= 0.6 is 0 Å². The molecule has 0 saturated heterocycles. The van der Waals surface area contributed by atoms with Crippen LogP contribution < -0.4 is 5.32 Å². The standard InChI is InChI=1S/C11H15F2N3O2/c1-6(2)3-8(10(17)18)16-11-14-4-7(5-15-11)9(12)13/h4-6,8-9H,3H2,1-2H3,(H,17,18)(H,14,15,16)/t8-/m0/s1. The van der Waals surface area contributed by atoms with E-state index in [-0.39, 0.29) is 17.4 Å². The SMILES string of the molecule is CC(C)C[C@H](Nc1ncc(C(F)F)cn1)C(=O)O. The second-order valence-electron chi connectivity index (χ2n) is 4.31. The van der Waals surface area contributed by atoms with Gasteiger partial charge in [-0.05, 0) is 12.3 Å². The molecule has 1 aromatic rings. The summed E-state index contributed by atoms with van der Waals surface area (Å²) in [4.78, 5) is 18.3. The Morgan fingerprint density at radius 2 is 1.94 bits per heavy atom. The number of anilines is 1. The smallest absolute Gasteiger partial charge is 0.326 e. The summed E-state index contributed by atoms with van der Waals surface area (Å²) in [7, 11) is 0. The highest BCUT2D eigenvalue weighted by Crippen LogP contribution is 2.17. The van der Waals surface area contributed by atoms with Crippen molar-refractivity contribution in [1.29, 1.82) is 0 Å². The van der Waals surface area contributed by atoms with Crippen LogP contribution in [0.1, 0.15) is 32.3 Å². The summed E-state index contributed by atoms with van der Waals surface area (Å²) >= 11 is 0. The van der Waals surface area contributed by atoms with Crippen molar-refractivity contribution in [3.63, 3.8) is 0 Å². The summed E-state index contributed by atoms with van der Waals surface area (Å²) in [6.07, 6.45) is -0.275. The van der Waals surface area contributed by atoms with Crippen LogP contribution in [0.2, 0.25) is 0 Å². The molecular weight excluding hydrogens is 244 g/mol. The number of carboxylic acids is 1. The minimum absolute atomic E-state index is 0.0347. The van der Waals surface area contributed by atoms with Gasteiger partial charge in [0.15, 0.2) is 0 Å². The molecule has 100 valence electrons. The molecule has 5 nitrogen and oxygen atoms in total. The van der Waals surface area contributed by atoms with Crippen molar-refractivity contribution >= 4 is 11.9 Å². The van der Waals surface area contributed by atoms with Gasteiger partial charge in [0.1, 0.15) is 6.04 Å². The molecule has 0 spiro atoms. The first-order chi connectivity index (χ1) is 8.40. The van der Waals surface area contributed by atoms with Gasteiger partial charge in [-0.2, -0.15) is 0 Å². The number of nitrogens with zero attached hydrogens (tertiary/aromatic N) is 2. The van der Waals surface area contributed by atoms with E-state index < -0.39 is 18.4 Å². The Morgan fingerprint density at radius 1 is 1.39 bits per heavy atom. The first-order valence-corrected chi connectivity index (χ1v) is 5.49. The quantitative estimate of drug-likeness (QED) is 0.820. The molecule has 0 unspecified atom stereocenters. The average Bonchev–Trinajstić information content (AvgIpc) is 2.28. The number of hydrogen-bond donors (Lipinski definition) is 2. The molecule has 0 aliphatic heterocycles. The van der Waals surface area contributed by atoms with E-state index in [0.29, 0.717) is 6.42 Å². The third kappa shape index (κ3) is 4.23. The number of rotatable bonds is 6. The molecule has 2 N–H and O–H groups in total. The van der Waals surface area contributed by atoms with Crippen molar-refractivity contribution in [2.75, 3.05) is 5.32 Å². The fourth-order valence-electron chi connectivity index (χ4n) is 1.37. The summed E-state index contributed by atoms with van der Waals surface area (Å²) in [6.45, 7) is 3.77. The lowest BCUT2D eigenvalue weighted by atomic mass is 10.0. The Bertz CT molecular complexity index is 396. The Hall–Kier alpha value is -1.79. The van der Waals surface area contributed by atoms with Crippen molar-refractivity contribution in [2.45, 2.75) is 32.7 Å². The van der Waals surface area contributed by atoms with Crippen molar-refractivity contribution in [2.24, 2.45) is 5.92 Å². The zero-order valence-corrected chi connectivity index (χ0v) is 10.1. The largest absolute Gasteiger partial charge is 0.480 e. The molecule has 0 aliphatic carbocycles. The number of halogens is 2. The fraction of sp³-hybridized carbons (Fsp3) is 0.545. The van der Waals surface area contributed by atoms with Crippen molar-refractivity contribution < 1.29 is 18.7 Å². The molecule has 0 aromatic carbocycles. The molecule has 1 rings (SSSR count). The number of aliphatic carboxylic acids is 1. The second-order valence-corrected chi connectivity index (χ2v) is 4.31. The number of carbonyl (C=O) groups is 1. The molecule has 7 heteroatoms. The molecule has 1 aromatic heterocycles. The van der Waals surface area contributed by atoms with Crippen LogP contribution in [0.15, 0.2) is 12.4 Å². The average molecular weight is 259 g/mol. The number of hydrogen-bond acceptors (Lipinski definition) is 4. The molecule has 0 amide bonds. The predicted molar refractivity (Wildman–Crippen MR) is 61.5 cm³/mol. The molecule has 1 heterocycles. The van der Waals surface area contributed by atoms with Gasteiger partial charge in [0.25, 0.3) is 6.43 Å². The number of nitrogens with one attached hydrogen (secondary N) is 1. The highest BCUT2D eigenvalue weighted by molar-refractivity contribution is 5.76. The molecule has 0 fully saturated rings. The first-order valence-electron chi connectivity index (χ1n) is 5.49. The normalized spacial score (nSPS) is 12.8. The maximum atomic E-state index is 12.3. The van der Waals surface area contributed by atoms with Gasteiger partial charge in [-0.3, -0.25) is 0 Å². The Labute approximate surface area is 103 Å². The molecule has 1 atom stereocenters. The molecule has 0 saturated carbocycles. The Balaban J connectivity index is 2.72.